The van der Waals surface area contributed by atoms with Crippen molar-refractivity contribution in [2.75, 3.05) is 30.9 Å². The molecule has 0 amide bonds. The molecule has 310 valence electrons. The van der Waals surface area contributed by atoms with E-state index < -0.39 is 95.9 Å². The van der Waals surface area contributed by atoms with Crippen LogP contribution in [0.3, 0.4) is 0 Å². The van der Waals surface area contributed by atoms with Crippen LogP contribution in [0.25, 0.3) is 22.3 Å². The van der Waals surface area contributed by atoms with E-state index in [1.165, 1.54) is 33.6 Å². The van der Waals surface area contributed by atoms with Crippen LogP contribution in [-0.4, -0.2) is 135 Å². The smallest absolute Gasteiger partial charge is 0.387 e. The molecule has 2 saturated heterocycles. The van der Waals surface area contributed by atoms with E-state index in [4.69, 9.17) is 53.4 Å². The Balaban J connectivity index is 0.00000310. The van der Waals surface area contributed by atoms with Crippen molar-refractivity contribution >= 4 is 110 Å². The summed E-state index contributed by atoms with van der Waals surface area (Å²) in [5.74, 6) is 0.0570. The predicted molar refractivity (Wildman–Crippen MR) is 200 cm³/mol. The van der Waals surface area contributed by atoms with Crippen molar-refractivity contribution in [3.05, 3.63) is 19.0 Å². The number of imidazole rings is 2. The van der Waals surface area contributed by atoms with Crippen molar-refractivity contribution in [3.8, 4) is 0 Å². The first-order valence-corrected chi connectivity index (χ1v) is 25.5. The van der Waals surface area contributed by atoms with Gasteiger partial charge in [0.2, 0.25) is 4.86 Å². The van der Waals surface area contributed by atoms with Crippen LogP contribution in [-0.2, 0) is 52.6 Å². The van der Waals surface area contributed by atoms with E-state index in [1.54, 1.807) is 6.26 Å². The third-order valence-corrected chi connectivity index (χ3v) is 19.3. The molecule has 5 unspecified atom stereocenters. The molecule has 0 spiro atoms. The van der Waals surface area contributed by atoms with Gasteiger partial charge in [-0.1, -0.05) is 35.6 Å². The first-order valence-electron chi connectivity index (χ1n) is 15.2. The fraction of sp³-hybridized carbons (Fsp3) is 0.545. The number of aromatic nitrogens is 8. The summed E-state index contributed by atoms with van der Waals surface area (Å²) in [6, 6.07) is 0. The predicted octanol–water partition coefficient (Wildman–Crippen LogP) is -12.0. The maximum absolute atomic E-state index is 13.0. The van der Waals surface area contributed by atoms with Crippen LogP contribution in [0, 0.1) is 0 Å². The second-order valence-electron chi connectivity index (χ2n) is 11.7. The number of fused-ring (bicyclic) bond motifs is 2. The zero-order chi connectivity index (χ0) is 41.1. The van der Waals surface area contributed by atoms with Gasteiger partial charge in [0.15, 0.2) is 40.5 Å². The van der Waals surface area contributed by atoms with Gasteiger partial charge in [0, 0.05) is 0 Å². The van der Waals surface area contributed by atoms with E-state index in [0.29, 0.717) is 0 Å². The number of aliphatic hydroxyl groups excluding tert-OH is 4. The number of thioether (sulfide) groups is 1. The Hall–Kier alpha value is 2.51. The largest absolute Gasteiger partial charge is 1.00 e. The molecule has 26 nitrogen and oxygen atoms in total. The Morgan fingerprint density at radius 1 is 0.800 bits per heavy atom. The molecule has 6 heterocycles. The number of hydrogen-bond acceptors (Lipinski definition) is 23. The number of hydrogen-bond donors (Lipinski definition) is 10. The van der Waals surface area contributed by atoms with Gasteiger partial charge in [-0.15, -0.1) is 0 Å². The third kappa shape index (κ3) is 13.0. The maximum Gasteiger partial charge on any atom is 1.00 e. The number of anilines is 2. The molecule has 11 N–H and O–H groups in total. The second-order valence-corrected chi connectivity index (χ2v) is 23.8. The fourth-order valence-corrected chi connectivity index (χ4v) is 14.8. The van der Waals surface area contributed by atoms with E-state index in [2.05, 4.69) is 50.8 Å². The number of nitrogens with zero attached hydrogens (tertiary/aromatic N) is 8. The molecular weight excluding hydrogens is 1010 g/mol. The minimum atomic E-state index is -5.76. The van der Waals surface area contributed by atoms with Crippen LogP contribution < -0.4 is 130 Å². The minimum absolute atomic E-state index is 0. The van der Waals surface area contributed by atoms with Gasteiger partial charge in [0.05, 0.1) is 25.9 Å². The SMILES string of the molecule is CSc1nc(N)c2ncn([C@@H]3O[C@H](COP(O)(=S)OP(=O)(O)C(Cl)P(=O)(O)OP(=O)(S)OC[C@H]4O[C@@H](n5cnc6c(N)ncnc65)[C@H](O)[C@@H]4O)[C@@H](O)[C@H]3O)c2n1.[Na+].[Na+].[Na+].[Na+]. The number of rotatable bonds is 15. The molecule has 2 aliphatic heterocycles. The van der Waals surface area contributed by atoms with Gasteiger partial charge in [-0.3, -0.25) is 22.8 Å². The number of nitrogen functional groups attached to an aromatic ring is 2. The van der Waals surface area contributed by atoms with Crippen LogP contribution >= 0.6 is 64.3 Å². The van der Waals surface area contributed by atoms with Gasteiger partial charge in [-0.25, -0.2) is 43.1 Å². The molecule has 38 heteroatoms. The zero-order valence-electron chi connectivity index (χ0n) is 31.8. The first kappa shape index (κ1) is 58.6. The summed E-state index contributed by atoms with van der Waals surface area (Å²) in [4.78, 5) is 52.7. The molecule has 0 bridgehead atoms. The van der Waals surface area contributed by atoms with Crippen LogP contribution in [0.1, 0.15) is 12.5 Å². The van der Waals surface area contributed by atoms with Gasteiger partial charge < -0.3 is 60.6 Å². The molecule has 2 aliphatic rings. The molecule has 0 radical (unpaired) electrons. The van der Waals surface area contributed by atoms with Crippen molar-refractivity contribution < 1.29 is 194 Å². The number of thiol groups is 1. The van der Waals surface area contributed by atoms with E-state index in [0.717, 1.165) is 6.33 Å². The summed E-state index contributed by atoms with van der Waals surface area (Å²) < 4.78 is 71.8. The second kappa shape index (κ2) is 23.2. The molecule has 4 aromatic rings. The molecule has 13 atom stereocenters. The number of nitrogens with two attached hydrogens (primary N) is 2. The molecular formula is C22H31ClN10Na4O16P4S3+4. The molecule has 0 aromatic carbocycles. The Kier molecular flexibility index (Phi) is 22.7. The number of alkyl halides is 1. The summed E-state index contributed by atoms with van der Waals surface area (Å²) in [5.41, 5.74) is 12.3. The Labute approximate surface area is 446 Å². The number of halogens is 1. The molecule has 0 aliphatic carbocycles. The van der Waals surface area contributed by atoms with Gasteiger partial charge in [0.25, 0.3) is 0 Å². The monoisotopic (exact) mass is 1040 g/mol. The third-order valence-electron chi connectivity index (χ3n) is 8.00. The number of aliphatic hydroxyl groups is 4. The van der Waals surface area contributed by atoms with Gasteiger partial charge in [-0.05, 0) is 18.1 Å². The van der Waals surface area contributed by atoms with Crippen molar-refractivity contribution in [1.82, 2.24) is 39.0 Å². The maximum atomic E-state index is 13.0. The normalized spacial score (nSPS) is 28.5. The molecule has 4 aromatic heterocycles. The standard InChI is InChI=1S/C22H31ClN10O16P4S3.4Na/c1-56-22-30-16(25)10-18(31-22)33(6-29-10)20-14(37)12(35)8(47-20)3-45-53(43,55)49-51(40,41)21(23)50(38,39)48-52(42,54)44-2-7-11(34)13(36)19(46-7)32-5-28-9-15(24)26-4-27-17(9)32;;;;/h4-8,11-14,19-21,34-37H,2-3H2,1H3,(H,38,39)(H,40,41)(H,42,54)(H,43,55)(H2,24,26,27)(H2,25,30,31);;;;/q;4*+1/t7-,8-,11-,12-,13-,14-,19-,20-,21?,52?,53?;;;;/m1..../s1. The van der Waals surface area contributed by atoms with E-state index in [9.17, 15) is 48.8 Å². The van der Waals surface area contributed by atoms with Crippen molar-refractivity contribution in [1.29, 1.82) is 0 Å². The summed E-state index contributed by atoms with van der Waals surface area (Å²) in [7, 11) is -11.5. The average Bonchev–Trinajstić information content (AvgIpc) is 3.87. The molecule has 2 fully saturated rings. The summed E-state index contributed by atoms with van der Waals surface area (Å²) >= 11 is 15.3. The average molecular weight is 1040 g/mol. The van der Waals surface area contributed by atoms with Crippen molar-refractivity contribution in [2.24, 2.45) is 0 Å². The van der Waals surface area contributed by atoms with Crippen molar-refractivity contribution in [3.63, 3.8) is 0 Å². The van der Waals surface area contributed by atoms with E-state index in [1.807, 2.05) is 0 Å². The van der Waals surface area contributed by atoms with Crippen LogP contribution in [0.2, 0.25) is 0 Å². The minimum Gasteiger partial charge on any atom is -0.387 e. The van der Waals surface area contributed by atoms with Crippen LogP contribution in [0.15, 0.2) is 24.1 Å². The van der Waals surface area contributed by atoms with Crippen molar-refractivity contribution in [2.45, 2.75) is 59.1 Å². The molecule has 6 rings (SSSR count). The Morgan fingerprint density at radius 2 is 1.28 bits per heavy atom. The number of ether oxygens (including phenoxy) is 2. The molecule has 0 saturated carbocycles. The summed E-state index contributed by atoms with van der Waals surface area (Å²) in [6.45, 7) is -11.7. The van der Waals surface area contributed by atoms with E-state index in [-0.39, 0.29) is 157 Å². The first-order chi connectivity index (χ1) is 26.1. The Bertz CT molecular complexity index is 2340. The topological polar surface area (TPSA) is 387 Å². The van der Waals surface area contributed by atoms with E-state index >= 15 is 0 Å². The van der Waals surface area contributed by atoms with Gasteiger partial charge >= 0.3 is 147 Å². The van der Waals surface area contributed by atoms with Gasteiger partial charge in [0.1, 0.15) is 54.0 Å². The molecule has 60 heavy (non-hydrogen) atoms. The van der Waals surface area contributed by atoms with Crippen LogP contribution in [0.4, 0.5) is 11.6 Å². The quantitative estimate of drug-likeness (QED) is 0.0132. The Morgan fingerprint density at radius 3 is 1.82 bits per heavy atom. The summed E-state index contributed by atoms with van der Waals surface area (Å²) in [5, 5.41) is 42.8. The van der Waals surface area contributed by atoms with Gasteiger partial charge in [-0.2, -0.15) is 0 Å². The zero-order valence-corrected chi connectivity index (χ0v) is 46.7. The fourth-order valence-electron chi connectivity index (χ4n) is 5.39. The van der Waals surface area contributed by atoms with Crippen LogP contribution in [0.5, 0.6) is 0 Å². The summed E-state index contributed by atoms with van der Waals surface area (Å²) in [6.07, 6.45) is -7.03.